The molecule has 72 valence electrons. The molecule has 0 heterocycles. The molecule has 0 saturated carbocycles. The van der Waals surface area contributed by atoms with Crippen LogP contribution in [0.5, 0.6) is 0 Å². The summed E-state index contributed by atoms with van der Waals surface area (Å²) < 4.78 is 17.1. The van der Waals surface area contributed by atoms with Crippen LogP contribution in [0.15, 0.2) is 24.3 Å². The normalized spacial score (nSPS) is 15.3. The number of rotatable bonds is 3. The lowest BCUT2D eigenvalue weighted by Crippen LogP contribution is -2.07. The molecule has 3 heteroatoms. The predicted octanol–water partition coefficient (Wildman–Crippen LogP) is 2.56. The molecule has 0 radical (unpaired) electrons. The van der Waals surface area contributed by atoms with Crippen LogP contribution in [-0.2, 0) is 9.09 Å². The zero-order valence-corrected chi connectivity index (χ0v) is 9.17. The Bertz CT molecular complexity index is 308. The lowest BCUT2D eigenvalue weighted by atomic mass is 10.2. The van der Waals surface area contributed by atoms with Crippen molar-refractivity contribution in [1.82, 2.24) is 0 Å². The maximum atomic E-state index is 12.0. The molecule has 1 aromatic carbocycles. The van der Waals surface area contributed by atoms with E-state index >= 15 is 0 Å². The first kappa shape index (κ1) is 10.5. The van der Waals surface area contributed by atoms with Gasteiger partial charge in [0, 0.05) is 18.6 Å². The second-order valence-electron chi connectivity index (χ2n) is 3.01. The Morgan fingerprint density at radius 3 is 2.23 bits per heavy atom. The van der Waals surface area contributed by atoms with E-state index in [1.807, 2.05) is 38.1 Å². The summed E-state index contributed by atoms with van der Waals surface area (Å²) in [5.74, 6) is 0. The minimum absolute atomic E-state index is 0.548. The van der Waals surface area contributed by atoms with Gasteiger partial charge in [-0.05, 0) is 19.1 Å². The standard InChI is InChI=1S/C10H15O2P/c1-4-13(11,12-3)10-7-5-9(2)6-8-10/h5-8H,4H2,1-3H3. The van der Waals surface area contributed by atoms with Crippen LogP contribution in [0.1, 0.15) is 12.5 Å². The van der Waals surface area contributed by atoms with Crippen LogP contribution in [0, 0.1) is 6.92 Å². The van der Waals surface area contributed by atoms with Gasteiger partial charge in [0.25, 0.3) is 0 Å². The van der Waals surface area contributed by atoms with Gasteiger partial charge in [0.15, 0.2) is 0 Å². The van der Waals surface area contributed by atoms with Crippen molar-refractivity contribution in [3.63, 3.8) is 0 Å². The topological polar surface area (TPSA) is 26.3 Å². The van der Waals surface area contributed by atoms with Gasteiger partial charge in [-0.25, -0.2) is 0 Å². The van der Waals surface area contributed by atoms with Gasteiger partial charge >= 0.3 is 0 Å². The minimum Gasteiger partial charge on any atom is -0.329 e. The SMILES string of the molecule is CCP(=O)(OC)c1ccc(C)cc1. The smallest absolute Gasteiger partial charge is 0.231 e. The molecule has 1 atom stereocenters. The van der Waals surface area contributed by atoms with Crippen molar-refractivity contribution in [3.05, 3.63) is 29.8 Å². The van der Waals surface area contributed by atoms with Crippen LogP contribution < -0.4 is 5.30 Å². The van der Waals surface area contributed by atoms with Crippen LogP contribution in [0.3, 0.4) is 0 Å². The van der Waals surface area contributed by atoms with Gasteiger partial charge in [-0.15, -0.1) is 0 Å². The van der Waals surface area contributed by atoms with Gasteiger partial charge in [-0.2, -0.15) is 0 Å². The molecule has 0 aliphatic rings. The van der Waals surface area contributed by atoms with Gasteiger partial charge in [-0.1, -0.05) is 24.6 Å². The molecule has 0 amide bonds. The molecular formula is C10H15O2P. The van der Waals surface area contributed by atoms with E-state index in [1.165, 1.54) is 12.7 Å². The second kappa shape index (κ2) is 4.08. The maximum Gasteiger partial charge on any atom is 0.231 e. The molecule has 13 heavy (non-hydrogen) atoms. The summed E-state index contributed by atoms with van der Waals surface area (Å²) in [6.07, 6.45) is 0.548. The summed E-state index contributed by atoms with van der Waals surface area (Å²) in [6, 6.07) is 7.67. The largest absolute Gasteiger partial charge is 0.329 e. The van der Waals surface area contributed by atoms with E-state index < -0.39 is 7.37 Å². The van der Waals surface area contributed by atoms with Crippen molar-refractivity contribution in [2.45, 2.75) is 13.8 Å². The molecular weight excluding hydrogens is 183 g/mol. The van der Waals surface area contributed by atoms with Crippen LogP contribution in [-0.4, -0.2) is 13.3 Å². The number of aryl methyl sites for hydroxylation is 1. The zero-order valence-electron chi connectivity index (χ0n) is 8.28. The third-order valence-corrected chi connectivity index (χ3v) is 4.65. The van der Waals surface area contributed by atoms with Crippen molar-refractivity contribution < 1.29 is 9.09 Å². The monoisotopic (exact) mass is 198 g/mol. The molecule has 0 spiro atoms. The fraction of sp³-hybridized carbons (Fsp3) is 0.400. The summed E-state index contributed by atoms with van der Waals surface area (Å²) >= 11 is 0. The Kier molecular flexibility index (Phi) is 3.29. The van der Waals surface area contributed by atoms with Gasteiger partial charge in [-0.3, -0.25) is 4.57 Å². The van der Waals surface area contributed by atoms with Gasteiger partial charge < -0.3 is 4.52 Å². The maximum absolute atomic E-state index is 12.0. The van der Waals surface area contributed by atoms with Crippen LogP contribution >= 0.6 is 7.37 Å². The summed E-state index contributed by atoms with van der Waals surface area (Å²) in [7, 11) is -1.05. The molecule has 0 aliphatic carbocycles. The first-order chi connectivity index (χ1) is 6.12. The molecule has 0 aliphatic heterocycles. The molecule has 1 aromatic rings. The molecule has 1 unspecified atom stereocenters. The number of hydrogen-bond acceptors (Lipinski definition) is 2. The highest BCUT2D eigenvalue weighted by Crippen LogP contribution is 2.43. The summed E-state index contributed by atoms with van der Waals surface area (Å²) in [4.78, 5) is 0. The lowest BCUT2D eigenvalue weighted by Gasteiger charge is -2.13. The van der Waals surface area contributed by atoms with E-state index in [0.29, 0.717) is 6.16 Å². The van der Waals surface area contributed by atoms with E-state index in [-0.39, 0.29) is 0 Å². The third-order valence-electron chi connectivity index (χ3n) is 2.14. The van der Waals surface area contributed by atoms with Crippen LogP contribution in [0.4, 0.5) is 0 Å². The van der Waals surface area contributed by atoms with Crippen LogP contribution in [0.25, 0.3) is 0 Å². The summed E-state index contributed by atoms with van der Waals surface area (Å²) in [5, 5.41) is 0.808. The minimum atomic E-state index is -2.55. The van der Waals surface area contributed by atoms with Gasteiger partial charge in [0.2, 0.25) is 7.37 Å². The second-order valence-corrected chi connectivity index (χ2v) is 5.87. The quantitative estimate of drug-likeness (QED) is 0.698. The fourth-order valence-corrected chi connectivity index (χ4v) is 2.63. The van der Waals surface area contributed by atoms with E-state index in [0.717, 1.165) is 5.30 Å². The molecule has 1 rings (SSSR count). The van der Waals surface area contributed by atoms with Crippen LogP contribution in [0.2, 0.25) is 0 Å². The summed E-state index contributed by atoms with van der Waals surface area (Å²) in [5.41, 5.74) is 1.17. The Hall–Kier alpha value is -0.590. The average molecular weight is 198 g/mol. The highest BCUT2D eigenvalue weighted by molar-refractivity contribution is 7.66. The van der Waals surface area contributed by atoms with Crippen molar-refractivity contribution in [2.24, 2.45) is 0 Å². The average Bonchev–Trinajstić information content (AvgIpc) is 2.18. The third kappa shape index (κ3) is 2.20. The first-order valence-corrected chi connectivity index (χ1v) is 6.15. The highest BCUT2D eigenvalue weighted by Gasteiger charge is 2.20. The van der Waals surface area contributed by atoms with Crippen molar-refractivity contribution >= 4 is 12.7 Å². The van der Waals surface area contributed by atoms with Crippen molar-refractivity contribution in [3.8, 4) is 0 Å². The molecule has 0 saturated heterocycles. The lowest BCUT2D eigenvalue weighted by molar-refractivity contribution is 0.404. The molecule has 0 bridgehead atoms. The van der Waals surface area contributed by atoms with E-state index in [2.05, 4.69) is 0 Å². The molecule has 0 aromatic heterocycles. The zero-order chi connectivity index (χ0) is 9.90. The number of benzene rings is 1. The van der Waals surface area contributed by atoms with Crippen molar-refractivity contribution in [2.75, 3.05) is 13.3 Å². The van der Waals surface area contributed by atoms with Gasteiger partial charge in [0.1, 0.15) is 0 Å². The highest BCUT2D eigenvalue weighted by atomic mass is 31.2. The van der Waals surface area contributed by atoms with Crippen molar-refractivity contribution in [1.29, 1.82) is 0 Å². The van der Waals surface area contributed by atoms with Gasteiger partial charge in [0.05, 0.1) is 0 Å². The molecule has 0 N–H and O–H groups in total. The van der Waals surface area contributed by atoms with E-state index in [1.54, 1.807) is 0 Å². The Morgan fingerprint density at radius 2 is 1.85 bits per heavy atom. The molecule has 0 fully saturated rings. The first-order valence-electron chi connectivity index (χ1n) is 4.34. The van der Waals surface area contributed by atoms with E-state index in [9.17, 15) is 4.57 Å². The molecule has 2 nitrogen and oxygen atoms in total. The summed E-state index contributed by atoms with van der Waals surface area (Å²) in [6.45, 7) is 3.89. The number of hydrogen-bond donors (Lipinski definition) is 0. The Balaban J connectivity index is 3.07. The Morgan fingerprint density at radius 1 is 1.31 bits per heavy atom. The Labute approximate surface area is 79.4 Å². The van der Waals surface area contributed by atoms with E-state index in [4.69, 9.17) is 4.52 Å². The predicted molar refractivity (Wildman–Crippen MR) is 56.0 cm³/mol. The fourth-order valence-electron chi connectivity index (χ4n) is 1.19.